The first-order valence-electron chi connectivity index (χ1n) is 8.32. The van der Waals surface area contributed by atoms with Crippen molar-refractivity contribution in [3.63, 3.8) is 0 Å². The molecule has 0 aromatic carbocycles. The summed E-state index contributed by atoms with van der Waals surface area (Å²) in [6, 6.07) is 0. The Morgan fingerprint density at radius 3 is 1.70 bits per heavy atom. The summed E-state index contributed by atoms with van der Waals surface area (Å²) < 4.78 is 1.09. The SMILES string of the molecule is CCCCC#CC#CCCCCCCCC[N+](C)(C)C. The molecule has 0 aliphatic heterocycles. The summed E-state index contributed by atoms with van der Waals surface area (Å²) in [6.45, 7) is 3.48. The van der Waals surface area contributed by atoms with Crippen molar-refractivity contribution in [2.45, 2.75) is 71.1 Å². The Kier molecular flexibility index (Phi) is 12.5. The van der Waals surface area contributed by atoms with E-state index >= 15 is 0 Å². The minimum absolute atomic E-state index is 0.998. The molecular weight excluding hydrogens is 242 g/mol. The lowest BCUT2D eigenvalue weighted by molar-refractivity contribution is -0.870. The molecule has 0 radical (unpaired) electrons. The molecule has 0 fully saturated rings. The van der Waals surface area contributed by atoms with Gasteiger partial charge in [-0.1, -0.05) is 44.4 Å². The van der Waals surface area contributed by atoms with Gasteiger partial charge in [-0.3, -0.25) is 0 Å². The van der Waals surface area contributed by atoms with Gasteiger partial charge in [-0.05, 0) is 37.5 Å². The number of hydrogen-bond acceptors (Lipinski definition) is 0. The van der Waals surface area contributed by atoms with Gasteiger partial charge in [0.05, 0.1) is 27.7 Å². The molecule has 0 amide bonds. The van der Waals surface area contributed by atoms with Crippen LogP contribution in [0.3, 0.4) is 0 Å². The normalized spacial score (nSPS) is 10.4. The predicted octanol–water partition coefficient (Wildman–Crippen LogP) is 4.62. The van der Waals surface area contributed by atoms with Gasteiger partial charge in [-0.25, -0.2) is 0 Å². The first-order chi connectivity index (χ1) is 9.56. The van der Waals surface area contributed by atoms with Crippen molar-refractivity contribution < 1.29 is 4.48 Å². The third-order valence-electron chi connectivity index (χ3n) is 3.28. The van der Waals surface area contributed by atoms with Crippen molar-refractivity contribution >= 4 is 0 Å². The molecule has 0 saturated heterocycles. The molecule has 1 heteroatoms. The molecule has 0 heterocycles. The lowest BCUT2D eigenvalue weighted by Crippen LogP contribution is -2.35. The zero-order valence-corrected chi connectivity index (χ0v) is 14.2. The van der Waals surface area contributed by atoms with E-state index in [1.54, 1.807) is 0 Å². The van der Waals surface area contributed by atoms with E-state index < -0.39 is 0 Å². The van der Waals surface area contributed by atoms with E-state index in [2.05, 4.69) is 51.7 Å². The molecule has 20 heavy (non-hydrogen) atoms. The Hall–Kier alpha value is -0.920. The maximum atomic E-state index is 3.16. The molecule has 0 spiro atoms. The van der Waals surface area contributed by atoms with Crippen molar-refractivity contribution in [3.8, 4) is 23.7 Å². The molecule has 0 aliphatic rings. The summed E-state index contributed by atoms with van der Waals surface area (Å²) in [4.78, 5) is 0. The average molecular weight is 276 g/mol. The van der Waals surface area contributed by atoms with E-state index in [4.69, 9.17) is 0 Å². The fourth-order valence-electron chi connectivity index (χ4n) is 1.99. The van der Waals surface area contributed by atoms with Crippen LogP contribution < -0.4 is 0 Å². The second-order valence-corrected chi connectivity index (χ2v) is 6.59. The summed E-state index contributed by atoms with van der Waals surface area (Å²) in [7, 11) is 6.80. The van der Waals surface area contributed by atoms with Crippen molar-refractivity contribution in [2.24, 2.45) is 0 Å². The largest absolute Gasteiger partial charge is 0.331 e. The Balaban J connectivity index is 3.28. The molecule has 0 bridgehead atoms. The minimum Gasteiger partial charge on any atom is -0.331 e. The molecular formula is C19H34N+. The van der Waals surface area contributed by atoms with Crippen molar-refractivity contribution in [1.82, 2.24) is 0 Å². The number of rotatable bonds is 10. The number of unbranched alkanes of at least 4 members (excludes halogenated alkanes) is 8. The molecule has 114 valence electrons. The molecule has 1 nitrogen and oxygen atoms in total. The molecule has 0 unspecified atom stereocenters. The third-order valence-corrected chi connectivity index (χ3v) is 3.28. The zero-order chi connectivity index (χ0) is 15.1. The minimum atomic E-state index is 0.998. The quantitative estimate of drug-likeness (QED) is 0.310. The van der Waals surface area contributed by atoms with E-state index in [-0.39, 0.29) is 0 Å². The zero-order valence-electron chi connectivity index (χ0n) is 14.2. The number of hydrogen-bond donors (Lipinski definition) is 0. The van der Waals surface area contributed by atoms with Crippen LogP contribution in [-0.4, -0.2) is 32.2 Å². The van der Waals surface area contributed by atoms with Gasteiger partial charge in [0.1, 0.15) is 0 Å². The predicted molar refractivity (Wildman–Crippen MR) is 90.3 cm³/mol. The van der Waals surface area contributed by atoms with Crippen LogP contribution in [0, 0.1) is 23.7 Å². The van der Waals surface area contributed by atoms with Crippen LogP contribution >= 0.6 is 0 Å². The van der Waals surface area contributed by atoms with Crippen molar-refractivity contribution in [3.05, 3.63) is 0 Å². The second kappa shape index (κ2) is 13.1. The topological polar surface area (TPSA) is 0 Å². The first-order valence-corrected chi connectivity index (χ1v) is 8.32. The van der Waals surface area contributed by atoms with Crippen LogP contribution in [0.2, 0.25) is 0 Å². The Morgan fingerprint density at radius 1 is 0.650 bits per heavy atom. The van der Waals surface area contributed by atoms with Crippen LogP contribution in [0.4, 0.5) is 0 Å². The van der Waals surface area contributed by atoms with Gasteiger partial charge < -0.3 is 4.48 Å². The molecule has 0 aliphatic carbocycles. The average Bonchev–Trinajstić information content (AvgIpc) is 2.38. The smallest absolute Gasteiger partial charge is 0.0780 e. The second-order valence-electron chi connectivity index (χ2n) is 6.59. The summed E-state index contributed by atoms with van der Waals surface area (Å²) in [5.41, 5.74) is 0. The van der Waals surface area contributed by atoms with Crippen molar-refractivity contribution in [2.75, 3.05) is 27.7 Å². The van der Waals surface area contributed by atoms with Crippen molar-refractivity contribution in [1.29, 1.82) is 0 Å². The summed E-state index contributed by atoms with van der Waals surface area (Å²) in [6.07, 6.45) is 12.5. The lowest BCUT2D eigenvalue weighted by Gasteiger charge is -2.23. The van der Waals surface area contributed by atoms with E-state index in [1.165, 1.54) is 57.9 Å². The highest BCUT2D eigenvalue weighted by Gasteiger charge is 2.04. The van der Waals surface area contributed by atoms with E-state index in [0.29, 0.717) is 0 Å². The van der Waals surface area contributed by atoms with Gasteiger partial charge in [0.25, 0.3) is 0 Å². The first kappa shape index (κ1) is 19.1. The van der Waals surface area contributed by atoms with Gasteiger partial charge in [-0.15, -0.1) is 0 Å². The molecule has 0 aromatic rings. The summed E-state index contributed by atoms with van der Waals surface area (Å²) in [5.74, 6) is 12.2. The maximum Gasteiger partial charge on any atom is 0.0780 e. The van der Waals surface area contributed by atoms with Crippen LogP contribution in [-0.2, 0) is 0 Å². The van der Waals surface area contributed by atoms with Gasteiger partial charge in [0.2, 0.25) is 0 Å². The fourth-order valence-corrected chi connectivity index (χ4v) is 1.99. The lowest BCUT2D eigenvalue weighted by atomic mass is 10.1. The van der Waals surface area contributed by atoms with Gasteiger partial charge in [0, 0.05) is 12.8 Å². The Bertz CT molecular complexity index is 327. The standard InChI is InChI=1S/C19H34N/c1-5-6-7-8-9-10-11-12-13-14-15-16-17-18-19-20(2,3)4/h5-7,12-19H2,1-4H3/q+1. The molecule has 0 aromatic heterocycles. The van der Waals surface area contributed by atoms with E-state index in [9.17, 15) is 0 Å². The van der Waals surface area contributed by atoms with Gasteiger partial charge in [-0.2, -0.15) is 0 Å². The monoisotopic (exact) mass is 276 g/mol. The Morgan fingerprint density at radius 2 is 1.15 bits per heavy atom. The maximum absolute atomic E-state index is 3.16. The van der Waals surface area contributed by atoms with Crippen LogP contribution in [0.25, 0.3) is 0 Å². The summed E-state index contributed by atoms with van der Waals surface area (Å²) in [5, 5.41) is 0. The highest BCUT2D eigenvalue weighted by Crippen LogP contribution is 2.08. The summed E-state index contributed by atoms with van der Waals surface area (Å²) >= 11 is 0. The fraction of sp³-hybridized carbons (Fsp3) is 0.789. The van der Waals surface area contributed by atoms with Gasteiger partial charge >= 0.3 is 0 Å². The third kappa shape index (κ3) is 17.1. The van der Waals surface area contributed by atoms with Crippen LogP contribution in [0.1, 0.15) is 71.1 Å². The highest BCUT2D eigenvalue weighted by molar-refractivity contribution is 5.25. The molecule has 0 saturated carbocycles. The number of quaternary nitrogens is 1. The number of nitrogens with zero attached hydrogens (tertiary/aromatic N) is 1. The molecule has 0 N–H and O–H groups in total. The highest BCUT2D eigenvalue weighted by atomic mass is 15.3. The Labute approximate surface area is 127 Å². The van der Waals surface area contributed by atoms with E-state index in [1.807, 2.05) is 0 Å². The van der Waals surface area contributed by atoms with Crippen LogP contribution in [0.5, 0.6) is 0 Å². The van der Waals surface area contributed by atoms with E-state index in [0.717, 1.165) is 17.3 Å². The molecule has 0 atom stereocenters. The molecule has 0 rings (SSSR count). The van der Waals surface area contributed by atoms with Crippen LogP contribution in [0.15, 0.2) is 0 Å². The van der Waals surface area contributed by atoms with Gasteiger partial charge in [0.15, 0.2) is 0 Å².